The lowest BCUT2D eigenvalue weighted by atomic mass is 9.93. The lowest BCUT2D eigenvalue weighted by Gasteiger charge is -2.15. The Labute approximate surface area is 82.8 Å². The van der Waals surface area contributed by atoms with Crippen molar-refractivity contribution in [2.24, 2.45) is 5.92 Å². The molecule has 0 heterocycles. The molecule has 0 saturated heterocycles. The Hall–Kier alpha value is -0.780. The van der Waals surface area contributed by atoms with Crippen molar-refractivity contribution in [2.45, 2.75) is 25.1 Å². The fourth-order valence-electron chi connectivity index (χ4n) is 1.69. The van der Waals surface area contributed by atoms with Gasteiger partial charge in [0.25, 0.3) is 0 Å². The van der Waals surface area contributed by atoms with Gasteiger partial charge >= 0.3 is 0 Å². The van der Waals surface area contributed by atoms with Crippen LogP contribution in [-0.4, -0.2) is 11.3 Å². The fourth-order valence-corrected chi connectivity index (χ4v) is 1.98. The maximum atomic E-state index is 10.5. The fraction of sp³-hybridized carbons (Fsp3) is 0.455. The maximum Gasteiger partial charge on any atom is 0.129 e. The number of hydrogen-bond acceptors (Lipinski definition) is 1. The molecule has 0 aromatic heterocycles. The summed E-state index contributed by atoms with van der Waals surface area (Å²) in [4.78, 5) is 10.5. The number of allylic oxidation sites excluding steroid dienone is 5. The minimum atomic E-state index is -0.278. The SMILES string of the molecule is CC1=CC(Cl)C(=C=O)C=C1C1CC1. The first-order chi connectivity index (χ1) is 6.22. The second-order valence-corrected chi connectivity index (χ2v) is 4.15. The average molecular weight is 195 g/mol. The third-order valence-electron chi connectivity index (χ3n) is 2.59. The van der Waals surface area contributed by atoms with Crippen molar-refractivity contribution in [1.29, 1.82) is 0 Å². The van der Waals surface area contributed by atoms with Crippen LogP contribution in [0.15, 0.2) is 28.9 Å². The summed E-state index contributed by atoms with van der Waals surface area (Å²) < 4.78 is 0. The van der Waals surface area contributed by atoms with Crippen molar-refractivity contribution in [3.05, 3.63) is 28.9 Å². The van der Waals surface area contributed by atoms with Crippen LogP contribution in [0, 0.1) is 5.92 Å². The summed E-state index contributed by atoms with van der Waals surface area (Å²) in [6.45, 7) is 2.06. The van der Waals surface area contributed by atoms with Crippen molar-refractivity contribution >= 4 is 17.5 Å². The zero-order valence-corrected chi connectivity index (χ0v) is 8.27. The van der Waals surface area contributed by atoms with Gasteiger partial charge in [0.1, 0.15) is 5.94 Å². The van der Waals surface area contributed by atoms with Gasteiger partial charge < -0.3 is 0 Å². The molecule has 0 radical (unpaired) electrons. The number of carbonyl (C=O) groups excluding carboxylic acids is 1. The Bertz CT molecular complexity index is 341. The molecule has 1 atom stereocenters. The zero-order chi connectivity index (χ0) is 9.42. The maximum absolute atomic E-state index is 10.5. The van der Waals surface area contributed by atoms with Crippen LogP contribution >= 0.6 is 11.6 Å². The Morgan fingerprint density at radius 3 is 2.77 bits per heavy atom. The average Bonchev–Trinajstić information content (AvgIpc) is 2.88. The van der Waals surface area contributed by atoms with Gasteiger partial charge in [-0.3, -0.25) is 0 Å². The zero-order valence-electron chi connectivity index (χ0n) is 7.51. The molecule has 2 heteroatoms. The smallest absolute Gasteiger partial charge is 0.129 e. The number of rotatable bonds is 1. The summed E-state index contributed by atoms with van der Waals surface area (Å²) in [6.07, 6.45) is 6.35. The van der Waals surface area contributed by atoms with Gasteiger partial charge in [-0.2, -0.15) is 0 Å². The minimum absolute atomic E-state index is 0.278. The highest BCUT2D eigenvalue weighted by Crippen LogP contribution is 2.42. The van der Waals surface area contributed by atoms with Crippen LogP contribution < -0.4 is 0 Å². The Kier molecular flexibility index (Phi) is 2.15. The molecule has 68 valence electrons. The quantitative estimate of drug-likeness (QED) is 0.463. The standard InChI is InChI=1S/C11H11ClO/c1-7-4-11(12)9(6-13)5-10(7)8-2-3-8/h4-5,8,11H,2-3H2,1H3. The molecule has 2 rings (SSSR count). The monoisotopic (exact) mass is 194 g/mol. The summed E-state index contributed by atoms with van der Waals surface area (Å²) >= 11 is 5.95. The van der Waals surface area contributed by atoms with E-state index >= 15 is 0 Å². The van der Waals surface area contributed by atoms with Gasteiger partial charge in [-0.15, -0.1) is 11.6 Å². The first kappa shape index (κ1) is 8.80. The van der Waals surface area contributed by atoms with Gasteiger partial charge in [-0.25, -0.2) is 4.79 Å². The molecule has 13 heavy (non-hydrogen) atoms. The molecule has 1 saturated carbocycles. The molecule has 2 aliphatic carbocycles. The van der Waals surface area contributed by atoms with E-state index in [4.69, 9.17) is 11.6 Å². The third-order valence-corrected chi connectivity index (χ3v) is 2.96. The first-order valence-corrected chi connectivity index (χ1v) is 4.95. The molecule has 2 aliphatic rings. The second kappa shape index (κ2) is 3.17. The number of halogens is 1. The highest BCUT2D eigenvalue weighted by Gasteiger charge is 2.29. The van der Waals surface area contributed by atoms with E-state index in [0.717, 1.165) is 0 Å². The normalized spacial score (nSPS) is 27.8. The second-order valence-electron chi connectivity index (χ2n) is 3.68. The molecule has 0 bridgehead atoms. The van der Waals surface area contributed by atoms with E-state index in [1.165, 1.54) is 24.0 Å². The summed E-state index contributed by atoms with van der Waals surface area (Å²) in [5.41, 5.74) is 3.09. The van der Waals surface area contributed by atoms with Crippen LogP contribution in [-0.2, 0) is 4.79 Å². The Morgan fingerprint density at radius 2 is 2.23 bits per heavy atom. The molecule has 0 aromatic rings. The minimum Gasteiger partial charge on any atom is -0.233 e. The van der Waals surface area contributed by atoms with Crippen molar-refractivity contribution < 1.29 is 4.79 Å². The summed E-state index contributed by atoms with van der Waals surface area (Å²) in [5, 5.41) is -0.278. The van der Waals surface area contributed by atoms with E-state index in [9.17, 15) is 4.79 Å². The van der Waals surface area contributed by atoms with Crippen LogP contribution in [0.5, 0.6) is 0 Å². The van der Waals surface area contributed by atoms with Gasteiger partial charge in [0.15, 0.2) is 0 Å². The molecule has 1 fully saturated rings. The van der Waals surface area contributed by atoms with Crippen LogP contribution in [0.2, 0.25) is 0 Å². The van der Waals surface area contributed by atoms with E-state index in [0.29, 0.717) is 11.5 Å². The number of hydrogen-bond donors (Lipinski definition) is 0. The van der Waals surface area contributed by atoms with Gasteiger partial charge in [0.05, 0.1) is 11.0 Å². The van der Waals surface area contributed by atoms with Crippen molar-refractivity contribution in [1.82, 2.24) is 0 Å². The molecule has 0 aliphatic heterocycles. The largest absolute Gasteiger partial charge is 0.233 e. The van der Waals surface area contributed by atoms with E-state index in [-0.39, 0.29) is 5.38 Å². The van der Waals surface area contributed by atoms with Crippen LogP contribution in [0.3, 0.4) is 0 Å². The summed E-state index contributed by atoms with van der Waals surface area (Å²) in [5.74, 6) is 2.57. The highest BCUT2D eigenvalue weighted by molar-refractivity contribution is 6.25. The predicted octanol–water partition coefficient (Wildman–Crippen LogP) is 2.65. The first-order valence-electron chi connectivity index (χ1n) is 4.52. The highest BCUT2D eigenvalue weighted by atomic mass is 35.5. The predicted molar refractivity (Wildman–Crippen MR) is 53.4 cm³/mol. The van der Waals surface area contributed by atoms with Gasteiger partial charge in [-0.1, -0.05) is 6.08 Å². The topological polar surface area (TPSA) is 17.1 Å². The molecule has 0 spiro atoms. The third kappa shape index (κ3) is 1.63. The molecule has 1 unspecified atom stereocenters. The molecular formula is C11H11ClO. The molecule has 0 N–H and O–H groups in total. The number of alkyl halides is 1. The molecule has 0 aromatic carbocycles. The summed E-state index contributed by atoms with van der Waals surface area (Å²) in [6, 6.07) is 0. The van der Waals surface area contributed by atoms with E-state index in [2.05, 4.69) is 6.92 Å². The Morgan fingerprint density at radius 1 is 1.54 bits per heavy atom. The molecule has 1 nitrogen and oxygen atoms in total. The van der Waals surface area contributed by atoms with E-state index < -0.39 is 0 Å². The van der Waals surface area contributed by atoms with Crippen molar-refractivity contribution in [3.8, 4) is 0 Å². The van der Waals surface area contributed by atoms with E-state index in [1.807, 2.05) is 18.1 Å². The molecule has 0 amide bonds. The van der Waals surface area contributed by atoms with Gasteiger partial charge in [0, 0.05) is 0 Å². The van der Waals surface area contributed by atoms with Gasteiger partial charge in [-0.05, 0) is 42.9 Å². The Balaban J connectivity index is 2.35. The lowest BCUT2D eigenvalue weighted by molar-refractivity contribution is 0.567. The van der Waals surface area contributed by atoms with Crippen molar-refractivity contribution in [3.63, 3.8) is 0 Å². The lowest BCUT2D eigenvalue weighted by Crippen LogP contribution is -2.07. The van der Waals surface area contributed by atoms with Crippen molar-refractivity contribution in [2.75, 3.05) is 0 Å². The summed E-state index contributed by atoms with van der Waals surface area (Å²) in [7, 11) is 0. The van der Waals surface area contributed by atoms with Crippen LogP contribution in [0.25, 0.3) is 0 Å². The van der Waals surface area contributed by atoms with Crippen LogP contribution in [0.4, 0.5) is 0 Å². The van der Waals surface area contributed by atoms with Gasteiger partial charge in [0.2, 0.25) is 0 Å². The van der Waals surface area contributed by atoms with E-state index in [1.54, 1.807) is 0 Å². The van der Waals surface area contributed by atoms with Crippen LogP contribution in [0.1, 0.15) is 19.8 Å². The molecular weight excluding hydrogens is 184 g/mol.